The highest BCUT2D eigenvalue weighted by Gasteiger charge is 2.48. The standard InChI is InChI=1S/C9H13Cl3O7.3C2H4O2/c1-17-7(16)6-4(14)3(13)5(15)8(19-6)18-2-9(10,11)12;3*1-2(3)4/h3-6,8,13-15H,2H2,1H3;3*1H3,(H,3,4)/t3-,4-,5+,6-,8+;;;/m0.../s1. The summed E-state index contributed by atoms with van der Waals surface area (Å²) in [5.41, 5.74) is 0. The zero-order chi connectivity index (χ0) is 25.5. The van der Waals surface area contributed by atoms with Crippen LogP contribution in [0.4, 0.5) is 0 Å². The number of carboxylic acid groups (broad SMARTS) is 3. The lowest BCUT2D eigenvalue weighted by Gasteiger charge is -2.39. The Morgan fingerprint density at radius 3 is 1.48 bits per heavy atom. The maximum Gasteiger partial charge on any atom is 0.337 e. The Morgan fingerprint density at radius 2 is 1.19 bits per heavy atom. The van der Waals surface area contributed by atoms with Crippen LogP contribution in [0.3, 0.4) is 0 Å². The second-order valence-electron chi connectivity index (χ2n) is 5.40. The molecule has 1 aliphatic rings. The van der Waals surface area contributed by atoms with Gasteiger partial charge in [0.15, 0.2) is 12.4 Å². The molecular weight excluding hydrogens is 495 g/mol. The number of aliphatic hydroxyl groups excluding tert-OH is 3. The summed E-state index contributed by atoms with van der Waals surface area (Å²) < 4.78 is 12.6. The molecule has 13 nitrogen and oxygen atoms in total. The highest BCUT2D eigenvalue weighted by molar-refractivity contribution is 6.67. The summed E-state index contributed by atoms with van der Waals surface area (Å²) in [6, 6.07) is 0. The smallest absolute Gasteiger partial charge is 0.337 e. The van der Waals surface area contributed by atoms with Gasteiger partial charge < -0.3 is 44.8 Å². The van der Waals surface area contributed by atoms with Crippen molar-refractivity contribution in [2.45, 2.75) is 55.3 Å². The summed E-state index contributed by atoms with van der Waals surface area (Å²) in [4.78, 5) is 38.3. The van der Waals surface area contributed by atoms with E-state index >= 15 is 0 Å². The quantitative estimate of drug-likeness (QED) is 0.207. The lowest BCUT2D eigenvalue weighted by molar-refractivity contribution is -0.294. The largest absolute Gasteiger partial charge is 0.481 e. The lowest BCUT2D eigenvalue weighted by atomic mass is 9.99. The first-order valence-corrected chi connectivity index (χ1v) is 9.05. The van der Waals surface area contributed by atoms with E-state index in [1.807, 2.05) is 0 Å². The predicted octanol–water partition coefficient (Wildman–Crippen LogP) is -0.373. The van der Waals surface area contributed by atoms with E-state index in [-0.39, 0.29) is 0 Å². The van der Waals surface area contributed by atoms with Gasteiger partial charge in [0, 0.05) is 20.8 Å². The molecule has 1 aliphatic heterocycles. The van der Waals surface area contributed by atoms with Gasteiger partial charge in [-0.05, 0) is 0 Å². The van der Waals surface area contributed by atoms with Gasteiger partial charge in [0.25, 0.3) is 17.9 Å². The number of methoxy groups -OCH3 is 1. The lowest BCUT2D eigenvalue weighted by Crippen LogP contribution is -2.60. The van der Waals surface area contributed by atoms with Gasteiger partial charge in [-0.3, -0.25) is 14.4 Å². The maximum absolute atomic E-state index is 11.3. The number of carboxylic acids is 3. The van der Waals surface area contributed by atoms with E-state index in [9.17, 15) is 20.1 Å². The molecule has 184 valence electrons. The van der Waals surface area contributed by atoms with E-state index in [1.165, 1.54) is 0 Å². The molecule has 0 aromatic carbocycles. The zero-order valence-corrected chi connectivity index (χ0v) is 19.0. The van der Waals surface area contributed by atoms with Crippen molar-refractivity contribution in [3.05, 3.63) is 0 Å². The second-order valence-corrected chi connectivity index (χ2v) is 7.92. The van der Waals surface area contributed by atoms with Crippen LogP contribution in [0, 0.1) is 0 Å². The molecule has 1 fully saturated rings. The number of carbonyl (C=O) groups excluding carboxylic acids is 1. The van der Waals surface area contributed by atoms with Gasteiger partial charge in [0.1, 0.15) is 18.3 Å². The number of rotatable bonds is 3. The Bertz CT molecular complexity index is 526. The molecule has 31 heavy (non-hydrogen) atoms. The predicted molar refractivity (Wildman–Crippen MR) is 105 cm³/mol. The van der Waals surface area contributed by atoms with E-state index in [1.54, 1.807) is 0 Å². The molecule has 0 aliphatic carbocycles. The van der Waals surface area contributed by atoms with E-state index in [2.05, 4.69) is 4.74 Å². The molecule has 0 unspecified atom stereocenters. The number of alkyl halides is 3. The van der Waals surface area contributed by atoms with Gasteiger partial charge in [-0.25, -0.2) is 4.79 Å². The van der Waals surface area contributed by atoms with Crippen LogP contribution in [-0.2, 0) is 33.4 Å². The van der Waals surface area contributed by atoms with E-state index < -0.39 is 65.0 Å². The van der Waals surface area contributed by atoms with Crippen LogP contribution in [0.25, 0.3) is 0 Å². The number of carbonyl (C=O) groups is 4. The molecule has 0 spiro atoms. The summed E-state index contributed by atoms with van der Waals surface area (Å²) in [6.07, 6.45) is -7.89. The third-order valence-electron chi connectivity index (χ3n) is 2.41. The first-order valence-electron chi connectivity index (χ1n) is 7.91. The molecule has 1 saturated heterocycles. The molecule has 16 heteroatoms. The first kappa shape index (κ1) is 34.2. The van der Waals surface area contributed by atoms with E-state index in [0.717, 1.165) is 27.9 Å². The monoisotopic (exact) mass is 518 g/mol. The number of halogens is 3. The van der Waals surface area contributed by atoms with Crippen molar-refractivity contribution in [3.63, 3.8) is 0 Å². The number of aliphatic carboxylic acids is 3. The van der Waals surface area contributed by atoms with Crippen LogP contribution in [0.2, 0.25) is 0 Å². The second kappa shape index (κ2) is 17.1. The number of esters is 1. The van der Waals surface area contributed by atoms with Crippen molar-refractivity contribution in [2.24, 2.45) is 0 Å². The summed E-state index contributed by atoms with van der Waals surface area (Å²) >= 11 is 16.4. The van der Waals surface area contributed by atoms with Crippen molar-refractivity contribution in [2.75, 3.05) is 13.7 Å². The highest BCUT2D eigenvalue weighted by atomic mass is 35.6. The minimum atomic E-state index is -1.76. The Labute approximate surface area is 192 Å². The van der Waals surface area contributed by atoms with E-state index in [0.29, 0.717) is 0 Å². The van der Waals surface area contributed by atoms with Gasteiger partial charge in [-0.1, -0.05) is 34.8 Å². The van der Waals surface area contributed by atoms with Crippen molar-refractivity contribution >= 4 is 58.7 Å². The van der Waals surface area contributed by atoms with Gasteiger partial charge >= 0.3 is 5.97 Å². The van der Waals surface area contributed by atoms with Gasteiger partial charge in [-0.15, -0.1) is 0 Å². The van der Waals surface area contributed by atoms with Crippen molar-refractivity contribution in [1.29, 1.82) is 0 Å². The molecule has 0 bridgehead atoms. The summed E-state index contributed by atoms with van der Waals surface area (Å²) in [7, 11) is 1.08. The van der Waals surface area contributed by atoms with E-state index in [4.69, 9.17) is 74.0 Å². The van der Waals surface area contributed by atoms with Gasteiger partial charge in [-0.2, -0.15) is 0 Å². The number of hydrogen-bond donors (Lipinski definition) is 6. The Hall–Kier alpha value is -1.45. The summed E-state index contributed by atoms with van der Waals surface area (Å²) in [6.45, 7) is 2.80. The molecule has 0 radical (unpaired) electrons. The normalized spacial score (nSPS) is 24.5. The minimum absolute atomic E-state index is 0.448. The Morgan fingerprint density at radius 1 is 0.839 bits per heavy atom. The van der Waals surface area contributed by atoms with Crippen LogP contribution in [-0.4, -0.2) is 103 Å². The molecule has 0 aromatic heterocycles. The molecule has 1 rings (SSSR count). The van der Waals surface area contributed by atoms with Crippen LogP contribution < -0.4 is 0 Å². The van der Waals surface area contributed by atoms with Crippen molar-refractivity contribution in [1.82, 2.24) is 0 Å². The SMILES string of the molecule is CC(=O)O.CC(=O)O.CC(=O)O.COC(=O)[C@H]1O[C@@H](OCC(Cl)(Cl)Cl)[C@H](O)[C@@H](O)[C@@H]1O. The van der Waals surface area contributed by atoms with Crippen molar-refractivity contribution in [3.8, 4) is 0 Å². The fourth-order valence-electron chi connectivity index (χ4n) is 1.47. The molecule has 6 N–H and O–H groups in total. The van der Waals surface area contributed by atoms with Crippen LogP contribution in [0.5, 0.6) is 0 Å². The maximum atomic E-state index is 11.3. The number of aliphatic hydroxyl groups is 3. The number of hydrogen-bond acceptors (Lipinski definition) is 10. The van der Waals surface area contributed by atoms with Gasteiger partial charge in [0.05, 0.1) is 13.7 Å². The molecule has 0 aromatic rings. The summed E-state index contributed by atoms with van der Waals surface area (Å²) in [5.74, 6) is -3.43. The first-order chi connectivity index (χ1) is 13.9. The Balaban J connectivity index is -0.000000537. The topological polar surface area (TPSA) is 217 Å². The van der Waals surface area contributed by atoms with Gasteiger partial charge in [0.2, 0.25) is 3.79 Å². The molecular formula is C15H25Cl3O13. The molecule has 0 saturated carbocycles. The fraction of sp³-hybridized carbons (Fsp3) is 0.733. The van der Waals surface area contributed by atoms with Crippen molar-refractivity contribution < 1.29 is 64.0 Å². The molecule has 5 atom stereocenters. The average molecular weight is 520 g/mol. The molecule has 0 amide bonds. The zero-order valence-electron chi connectivity index (χ0n) is 16.8. The minimum Gasteiger partial charge on any atom is -0.481 e. The third-order valence-corrected chi connectivity index (χ3v) is 2.74. The summed E-state index contributed by atoms with van der Waals surface area (Å²) in [5, 5.41) is 51.1. The van der Waals surface area contributed by atoms with Crippen LogP contribution in [0.1, 0.15) is 20.8 Å². The fourth-order valence-corrected chi connectivity index (χ4v) is 1.66. The highest BCUT2D eigenvalue weighted by Crippen LogP contribution is 2.29. The van der Waals surface area contributed by atoms with Crippen LogP contribution in [0.15, 0.2) is 0 Å². The number of ether oxygens (including phenoxy) is 3. The van der Waals surface area contributed by atoms with Crippen LogP contribution >= 0.6 is 34.8 Å². The third kappa shape index (κ3) is 21.6. The Kier molecular flexibility index (Phi) is 18.9. The molecule has 1 heterocycles. The average Bonchev–Trinajstić information content (AvgIpc) is 2.56.